The molecule has 10 nitrogen and oxygen atoms in total. The van der Waals surface area contributed by atoms with Gasteiger partial charge in [-0.05, 0) is 30.3 Å². The van der Waals surface area contributed by atoms with Crippen molar-refractivity contribution in [2.75, 3.05) is 41.7 Å². The number of nitrogens with one attached hydrogen (secondary N) is 2. The second-order valence-corrected chi connectivity index (χ2v) is 6.89. The normalized spacial score (nSPS) is 13.7. The Morgan fingerprint density at radius 3 is 2.44 bits per heavy atom. The Balaban J connectivity index is 1.39. The van der Waals surface area contributed by atoms with E-state index in [2.05, 4.69) is 20.8 Å². The van der Waals surface area contributed by atoms with E-state index in [0.29, 0.717) is 18.8 Å². The molecular formula is C20H18F2N6O4. The van der Waals surface area contributed by atoms with Crippen LogP contribution in [-0.2, 0) is 0 Å². The zero-order valence-corrected chi connectivity index (χ0v) is 16.6. The fraction of sp³-hybridized carbons (Fsp3) is 0.200. The molecule has 0 atom stereocenters. The molecule has 32 heavy (non-hydrogen) atoms. The van der Waals surface area contributed by atoms with Gasteiger partial charge in [0.15, 0.2) is 0 Å². The summed E-state index contributed by atoms with van der Waals surface area (Å²) in [5, 5.41) is 21.3. The first-order valence-corrected chi connectivity index (χ1v) is 9.59. The number of amides is 2. The van der Waals surface area contributed by atoms with E-state index in [-0.39, 0.29) is 30.5 Å². The first-order valence-electron chi connectivity index (χ1n) is 9.59. The summed E-state index contributed by atoms with van der Waals surface area (Å²) < 4.78 is 33.5. The monoisotopic (exact) mass is 444 g/mol. The molecule has 2 aromatic carbocycles. The van der Waals surface area contributed by atoms with E-state index < -0.39 is 29.5 Å². The molecule has 1 aromatic heterocycles. The van der Waals surface area contributed by atoms with Gasteiger partial charge in [0.25, 0.3) is 0 Å². The summed E-state index contributed by atoms with van der Waals surface area (Å²) in [5.41, 5.74) is 0.578. The highest BCUT2D eigenvalue weighted by atomic mass is 19.1. The second-order valence-electron chi connectivity index (χ2n) is 6.89. The number of aromatic nitrogens is 2. The van der Waals surface area contributed by atoms with Crippen LogP contribution in [0.3, 0.4) is 0 Å². The maximum atomic E-state index is 14.6. The Morgan fingerprint density at radius 2 is 1.75 bits per heavy atom. The van der Waals surface area contributed by atoms with Crippen molar-refractivity contribution in [3.8, 4) is 0 Å². The second kappa shape index (κ2) is 8.88. The van der Waals surface area contributed by atoms with Gasteiger partial charge >= 0.3 is 23.9 Å². The molecule has 166 valence electrons. The average molecular weight is 444 g/mol. The van der Waals surface area contributed by atoms with Gasteiger partial charge in [-0.2, -0.15) is 0 Å². The molecule has 4 rings (SSSR count). The predicted molar refractivity (Wildman–Crippen MR) is 110 cm³/mol. The summed E-state index contributed by atoms with van der Waals surface area (Å²) in [7, 11) is 0. The molecule has 1 fully saturated rings. The standard InChI is InChI=1S/C20H18F2N6O4/c21-13-3-1-2-4-15(13)24-19-26-25-18(32-19)17(29)23-12-5-6-16(14(22)11-12)27-7-9-28(10-8-27)20(30)31/h1-6,11H,7-10H2,(H,23,29)(H,24,26)(H,30,31). The van der Waals surface area contributed by atoms with Gasteiger partial charge in [0, 0.05) is 31.9 Å². The number of hydrogen-bond donors (Lipinski definition) is 3. The van der Waals surface area contributed by atoms with Crippen molar-refractivity contribution in [3.63, 3.8) is 0 Å². The maximum absolute atomic E-state index is 14.6. The van der Waals surface area contributed by atoms with Crippen LogP contribution >= 0.6 is 0 Å². The SMILES string of the molecule is O=C(Nc1ccc(N2CCN(C(=O)O)CC2)c(F)c1)c1nnc(Nc2ccccc2F)o1. The first kappa shape index (κ1) is 21.0. The molecule has 0 saturated carbocycles. The zero-order valence-electron chi connectivity index (χ0n) is 16.6. The van der Waals surface area contributed by atoms with Gasteiger partial charge in [-0.3, -0.25) is 4.79 Å². The van der Waals surface area contributed by atoms with Gasteiger partial charge < -0.3 is 30.0 Å². The largest absolute Gasteiger partial charge is 0.465 e. The molecule has 12 heteroatoms. The molecule has 0 unspecified atom stereocenters. The van der Waals surface area contributed by atoms with Gasteiger partial charge in [0.1, 0.15) is 11.6 Å². The summed E-state index contributed by atoms with van der Waals surface area (Å²) in [6.07, 6.45) is -1.00. The molecule has 3 aromatic rings. The van der Waals surface area contributed by atoms with Crippen LogP contribution in [0.1, 0.15) is 10.7 Å². The molecular weight excluding hydrogens is 426 g/mol. The Morgan fingerprint density at radius 1 is 1.00 bits per heavy atom. The topological polar surface area (TPSA) is 124 Å². The van der Waals surface area contributed by atoms with Gasteiger partial charge in [-0.1, -0.05) is 17.2 Å². The molecule has 1 aliphatic heterocycles. The lowest BCUT2D eigenvalue weighted by Crippen LogP contribution is -2.48. The quantitative estimate of drug-likeness (QED) is 0.548. The van der Waals surface area contributed by atoms with Crippen molar-refractivity contribution in [2.24, 2.45) is 0 Å². The van der Waals surface area contributed by atoms with E-state index >= 15 is 0 Å². The van der Waals surface area contributed by atoms with Crippen LogP contribution in [0.15, 0.2) is 46.9 Å². The molecule has 2 heterocycles. The van der Waals surface area contributed by atoms with Crippen LogP contribution in [0.4, 0.5) is 36.7 Å². The summed E-state index contributed by atoms with van der Waals surface area (Å²) in [6, 6.07) is 9.82. The number of rotatable bonds is 5. The Kier molecular flexibility index (Phi) is 5.83. The minimum absolute atomic E-state index is 0.102. The molecule has 1 aliphatic rings. The fourth-order valence-corrected chi connectivity index (χ4v) is 3.21. The zero-order chi connectivity index (χ0) is 22.7. The molecule has 0 bridgehead atoms. The number of piperazine rings is 1. The fourth-order valence-electron chi connectivity index (χ4n) is 3.21. The third-order valence-corrected chi connectivity index (χ3v) is 4.83. The van der Waals surface area contributed by atoms with E-state index in [4.69, 9.17) is 9.52 Å². The maximum Gasteiger partial charge on any atom is 0.407 e. The average Bonchev–Trinajstić information content (AvgIpc) is 3.24. The van der Waals surface area contributed by atoms with Gasteiger partial charge in [-0.25, -0.2) is 13.6 Å². The molecule has 0 spiro atoms. The van der Waals surface area contributed by atoms with Gasteiger partial charge in [-0.15, -0.1) is 5.10 Å². The molecule has 3 N–H and O–H groups in total. The number of para-hydroxylation sites is 1. The number of nitrogens with zero attached hydrogens (tertiary/aromatic N) is 4. The highest BCUT2D eigenvalue weighted by Gasteiger charge is 2.23. The lowest BCUT2D eigenvalue weighted by molar-refractivity contribution is 0.0991. The number of halogens is 2. The van der Waals surface area contributed by atoms with Crippen LogP contribution in [0.5, 0.6) is 0 Å². The van der Waals surface area contributed by atoms with E-state index in [9.17, 15) is 18.4 Å². The number of carbonyl (C=O) groups excluding carboxylic acids is 1. The van der Waals surface area contributed by atoms with Crippen LogP contribution in [0.25, 0.3) is 0 Å². The summed E-state index contributed by atoms with van der Waals surface area (Å²) in [5.74, 6) is -2.25. The van der Waals surface area contributed by atoms with E-state index in [0.717, 1.165) is 6.07 Å². The van der Waals surface area contributed by atoms with Crippen LogP contribution in [0, 0.1) is 11.6 Å². The van der Waals surface area contributed by atoms with Crippen molar-refractivity contribution < 1.29 is 27.9 Å². The Hall–Kier alpha value is -4.22. The lowest BCUT2D eigenvalue weighted by Gasteiger charge is -2.34. The number of carbonyl (C=O) groups is 2. The summed E-state index contributed by atoms with van der Waals surface area (Å²) >= 11 is 0. The van der Waals surface area contributed by atoms with Gasteiger partial charge in [0.2, 0.25) is 0 Å². The number of anilines is 4. The van der Waals surface area contributed by atoms with Crippen molar-refractivity contribution in [1.29, 1.82) is 0 Å². The predicted octanol–water partition coefficient (Wildman–Crippen LogP) is 3.14. The summed E-state index contributed by atoms with van der Waals surface area (Å²) in [4.78, 5) is 26.3. The van der Waals surface area contributed by atoms with Crippen molar-refractivity contribution in [1.82, 2.24) is 15.1 Å². The highest BCUT2D eigenvalue weighted by Crippen LogP contribution is 2.25. The third-order valence-electron chi connectivity index (χ3n) is 4.83. The van der Waals surface area contributed by atoms with Crippen molar-refractivity contribution in [3.05, 3.63) is 60.0 Å². The van der Waals surface area contributed by atoms with Gasteiger partial charge in [0.05, 0.1) is 11.4 Å². The van der Waals surface area contributed by atoms with Crippen LogP contribution in [0.2, 0.25) is 0 Å². The minimum atomic E-state index is -1.00. The number of carboxylic acid groups (broad SMARTS) is 1. The Labute approximate surface area is 180 Å². The van der Waals surface area contributed by atoms with E-state index in [1.165, 1.54) is 35.2 Å². The van der Waals surface area contributed by atoms with Crippen molar-refractivity contribution >= 4 is 35.1 Å². The number of hydrogen-bond acceptors (Lipinski definition) is 7. The molecule has 0 radical (unpaired) electrons. The van der Waals surface area contributed by atoms with Crippen molar-refractivity contribution in [2.45, 2.75) is 0 Å². The van der Waals surface area contributed by atoms with E-state index in [1.54, 1.807) is 11.0 Å². The Bertz CT molecular complexity index is 1150. The smallest absolute Gasteiger partial charge is 0.407 e. The first-order chi connectivity index (χ1) is 15.4. The number of benzene rings is 2. The molecule has 0 aliphatic carbocycles. The third kappa shape index (κ3) is 4.58. The van der Waals surface area contributed by atoms with Crippen LogP contribution in [-0.4, -0.2) is 58.4 Å². The van der Waals surface area contributed by atoms with Crippen LogP contribution < -0.4 is 15.5 Å². The summed E-state index contributed by atoms with van der Waals surface area (Å²) in [6.45, 7) is 1.25. The lowest BCUT2D eigenvalue weighted by atomic mass is 10.2. The highest BCUT2D eigenvalue weighted by molar-refractivity contribution is 6.01. The van der Waals surface area contributed by atoms with E-state index in [1.807, 2.05) is 0 Å². The molecule has 1 saturated heterocycles. The minimum Gasteiger partial charge on any atom is -0.465 e. The molecule has 2 amide bonds.